The fourth-order valence-electron chi connectivity index (χ4n) is 1.29. The topological polar surface area (TPSA) is 107 Å². The number of rotatable bonds is 4. The molecule has 4 N–H and O–H groups in total. The molecule has 0 aliphatic carbocycles. The quantitative estimate of drug-likeness (QED) is 0.574. The van der Waals surface area contributed by atoms with Gasteiger partial charge in [0.25, 0.3) is 5.91 Å². The van der Waals surface area contributed by atoms with Crippen LogP contribution in [0.2, 0.25) is 0 Å². The van der Waals surface area contributed by atoms with E-state index in [1.165, 1.54) is 0 Å². The van der Waals surface area contributed by atoms with Gasteiger partial charge in [-0.15, -0.1) is 12.3 Å². The third kappa shape index (κ3) is 3.42. The summed E-state index contributed by atoms with van der Waals surface area (Å²) < 4.78 is 0. The predicted octanol–water partition coefficient (Wildman–Crippen LogP) is 0.304. The van der Waals surface area contributed by atoms with Gasteiger partial charge in [0.05, 0.1) is 0 Å². The normalized spacial score (nSPS) is 11.3. The molecule has 0 aliphatic heterocycles. The maximum atomic E-state index is 11.7. The molecule has 1 rings (SSSR count). The second-order valence-corrected chi connectivity index (χ2v) is 3.51. The molecule has 0 spiro atoms. The lowest BCUT2D eigenvalue weighted by Crippen LogP contribution is -2.40. The summed E-state index contributed by atoms with van der Waals surface area (Å²) in [5, 5.41) is 29.4. The smallest absolute Gasteiger partial charge is 0.327 e. The molecule has 1 atom stereocenters. The first-order valence-electron chi connectivity index (χ1n) is 4.94. The highest BCUT2D eigenvalue weighted by Crippen LogP contribution is 2.20. The number of benzene rings is 1. The van der Waals surface area contributed by atoms with Gasteiger partial charge in [0, 0.05) is 18.1 Å². The summed E-state index contributed by atoms with van der Waals surface area (Å²) in [6, 6.07) is 2.03. The average molecular weight is 249 g/mol. The number of hydrogen-bond acceptors (Lipinski definition) is 4. The molecule has 1 unspecified atom stereocenters. The second-order valence-electron chi connectivity index (χ2n) is 3.51. The van der Waals surface area contributed by atoms with E-state index in [4.69, 9.17) is 11.5 Å². The number of carbonyl (C=O) groups is 2. The number of nitrogens with one attached hydrogen (secondary N) is 1. The lowest BCUT2D eigenvalue weighted by atomic mass is 10.1. The zero-order chi connectivity index (χ0) is 13.7. The highest BCUT2D eigenvalue weighted by Gasteiger charge is 2.20. The summed E-state index contributed by atoms with van der Waals surface area (Å²) in [6.45, 7) is 0. The molecule has 1 amide bonds. The van der Waals surface area contributed by atoms with Gasteiger partial charge < -0.3 is 20.6 Å². The van der Waals surface area contributed by atoms with Gasteiger partial charge in [-0.1, -0.05) is 0 Å². The largest absolute Gasteiger partial charge is 0.508 e. The fourth-order valence-corrected chi connectivity index (χ4v) is 1.29. The van der Waals surface area contributed by atoms with Gasteiger partial charge in [0.15, 0.2) is 0 Å². The molecule has 0 aliphatic rings. The van der Waals surface area contributed by atoms with Crippen LogP contribution in [0.25, 0.3) is 0 Å². The Hall–Kier alpha value is -2.68. The van der Waals surface area contributed by atoms with E-state index in [1.54, 1.807) is 0 Å². The predicted molar refractivity (Wildman–Crippen MR) is 62.1 cm³/mol. The summed E-state index contributed by atoms with van der Waals surface area (Å²) in [6.07, 6.45) is 4.82. The van der Waals surface area contributed by atoms with Crippen LogP contribution in [0.4, 0.5) is 0 Å². The molecular weight excluding hydrogens is 238 g/mol. The van der Waals surface area contributed by atoms with Crippen molar-refractivity contribution >= 4 is 11.9 Å². The van der Waals surface area contributed by atoms with Crippen LogP contribution in [0.15, 0.2) is 18.2 Å². The number of carboxylic acid groups (broad SMARTS) is 1. The molecule has 18 heavy (non-hydrogen) atoms. The van der Waals surface area contributed by atoms with E-state index < -0.39 is 17.9 Å². The van der Waals surface area contributed by atoms with Crippen molar-refractivity contribution in [1.29, 1.82) is 0 Å². The minimum atomic E-state index is -1.26. The molecule has 0 saturated heterocycles. The standard InChI is InChI=1S/C12H11NO5/c1-2-3-10(12(17)18)13-11(16)7-4-8(14)6-9(15)5-7/h1,4-6,10,14-15H,3H2,(H,13,16)(H,17,18). The van der Waals surface area contributed by atoms with Crippen molar-refractivity contribution in [2.45, 2.75) is 12.5 Å². The third-order valence-corrected chi connectivity index (χ3v) is 2.09. The third-order valence-electron chi connectivity index (χ3n) is 2.09. The molecule has 0 heterocycles. The van der Waals surface area contributed by atoms with E-state index in [0.717, 1.165) is 18.2 Å². The number of carboxylic acids is 1. The zero-order valence-electron chi connectivity index (χ0n) is 9.25. The summed E-state index contributed by atoms with van der Waals surface area (Å²) >= 11 is 0. The first-order chi connectivity index (χ1) is 8.43. The van der Waals surface area contributed by atoms with Crippen LogP contribution in [0.5, 0.6) is 11.5 Å². The van der Waals surface area contributed by atoms with Gasteiger partial charge in [-0.25, -0.2) is 4.79 Å². The SMILES string of the molecule is C#CCC(NC(=O)c1cc(O)cc(O)c1)C(=O)O. The number of amides is 1. The van der Waals surface area contributed by atoms with Gasteiger partial charge >= 0.3 is 5.97 Å². The van der Waals surface area contributed by atoms with Crippen molar-refractivity contribution < 1.29 is 24.9 Å². The molecule has 0 radical (unpaired) electrons. The van der Waals surface area contributed by atoms with Crippen molar-refractivity contribution in [2.75, 3.05) is 0 Å². The molecule has 94 valence electrons. The highest BCUT2D eigenvalue weighted by molar-refractivity contribution is 5.97. The van der Waals surface area contributed by atoms with Crippen molar-refractivity contribution in [2.24, 2.45) is 0 Å². The molecular formula is C12H11NO5. The Morgan fingerprint density at radius 1 is 1.28 bits per heavy atom. The highest BCUT2D eigenvalue weighted by atomic mass is 16.4. The number of hydrogen-bond donors (Lipinski definition) is 4. The molecule has 1 aromatic carbocycles. The first kappa shape index (κ1) is 13.4. The van der Waals surface area contributed by atoms with E-state index in [1.807, 2.05) is 0 Å². The molecule has 0 saturated carbocycles. The first-order valence-corrected chi connectivity index (χ1v) is 4.94. The minimum Gasteiger partial charge on any atom is -0.508 e. The van der Waals surface area contributed by atoms with Crippen LogP contribution in [0, 0.1) is 12.3 Å². The number of terminal acetylenes is 1. The molecule has 6 nitrogen and oxygen atoms in total. The van der Waals surface area contributed by atoms with Crippen LogP contribution in [-0.2, 0) is 4.79 Å². The van der Waals surface area contributed by atoms with Crippen LogP contribution >= 0.6 is 0 Å². The Bertz CT molecular complexity index is 497. The van der Waals surface area contributed by atoms with E-state index in [9.17, 15) is 19.8 Å². The Kier molecular flexibility index (Phi) is 4.16. The van der Waals surface area contributed by atoms with E-state index in [0.29, 0.717) is 0 Å². The fraction of sp³-hybridized carbons (Fsp3) is 0.167. The monoisotopic (exact) mass is 249 g/mol. The number of aliphatic carboxylic acids is 1. The molecule has 0 aromatic heterocycles. The lowest BCUT2D eigenvalue weighted by Gasteiger charge is -2.12. The van der Waals surface area contributed by atoms with E-state index in [2.05, 4.69) is 11.2 Å². The van der Waals surface area contributed by atoms with Crippen molar-refractivity contribution in [3.05, 3.63) is 23.8 Å². The molecule has 0 fully saturated rings. The lowest BCUT2D eigenvalue weighted by molar-refractivity contribution is -0.139. The Morgan fingerprint density at radius 3 is 2.28 bits per heavy atom. The number of aromatic hydroxyl groups is 2. The molecule has 1 aromatic rings. The van der Waals surface area contributed by atoms with Crippen LogP contribution in [-0.4, -0.2) is 33.2 Å². The maximum Gasteiger partial charge on any atom is 0.327 e. The van der Waals surface area contributed by atoms with E-state index >= 15 is 0 Å². The van der Waals surface area contributed by atoms with Crippen LogP contribution < -0.4 is 5.32 Å². The van der Waals surface area contributed by atoms with Crippen molar-refractivity contribution in [1.82, 2.24) is 5.32 Å². The summed E-state index contributed by atoms with van der Waals surface area (Å²) in [5.41, 5.74) is -0.0595. The number of phenols is 2. The van der Waals surface area contributed by atoms with Crippen molar-refractivity contribution in [3.63, 3.8) is 0 Å². The number of phenolic OH excluding ortho intramolecular Hbond substituents is 2. The van der Waals surface area contributed by atoms with Gasteiger partial charge in [-0.05, 0) is 12.1 Å². The Morgan fingerprint density at radius 2 is 1.83 bits per heavy atom. The number of carbonyl (C=O) groups excluding carboxylic acids is 1. The molecule has 6 heteroatoms. The van der Waals surface area contributed by atoms with Crippen molar-refractivity contribution in [3.8, 4) is 23.8 Å². The summed E-state index contributed by atoms with van der Waals surface area (Å²) in [5.74, 6) is -0.474. The van der Waals surface area contributed by atoms with Gasteiger partial charge in [-0.3, -0.25) is 4.79 Å². The van der Waals surface area contributed by atoms with Crippen LogP contribution in [0.1, 0.15) is 16.8 Å². The summed E-state index contributed by atoms with van der Waals surface area (Å²) in [4.78, 5) is 22.5. The van der Waals surface area contributed by atoms with Gasteiger partial charge in [0.2, 0.25) is 0 Å². The summed E-state index contributed by atoms with van der Waals surface area (Å²) in [7, 11) is 0. The Balaban J connectivity index is 2.87. The maximum absolute atomic E-state index is 11.7. The van der Waals surface area contributed by atoms with E-state index in [-0.39, 0.29) is 23.5 Å². The van der Waals surface area contributed by atoms with Gasteiger partial charge in [0.1, 0.15) is 17.5 Å². The second kappa shape index (κ2) is 5.59. The Labute approximate surface area is 103 Å². The van der Waals surface area contributed by atoms with Crippen LogP contribution in [0.3, 0.4) is 0 Å². The minimum absolute atomic E-state index is 0.0595. The van der Waals surface area contributed by atoms with Gasteiger partial charge in [-0.2, -0.15) is 0 Å². The molecule has 0 bridgehead atoms. The zero-order valence-corrected chi connectivity index (χ0v) is 9.25. The average Bonchev–Trinajstić information content (AvgIpc) is 2.26.